The van der Waals surface area contributed by atoms with Crippen LogP contribution >= 0.6 is 27.5 Å². The second-order valence-electron chi connectivity index (χ2n) is 6.37. The molecule has 0 amide bonds. The molecule has 0 unspecified atom stereocenters. The SMILES string of the molecule is COBN(C)CCCCNc1cc(-c2ccccc2Cl)nc2c(Br)cnn12. The van der Waals surface area contributed by atoms with Crippen LogP contribution < -0.4 is 5.32 Å². The molecule has 142 valence electrons. The van der Waals surface area contributed by atoms with E-state index in [-0.39, 0.29) is 0 Å². The molecule has 0 bridgehead atoms. The zero-order valence-corrected chi connectivity index (χ0v) is 17.8. The number of anilines is 1. The van der Waals surface area contributed by atoms with Gasteiger partial charge in [0.1, 0.15) is 5.82 Å². The van der Waals surface area contributed by atoms with Gasteiger partial charge >= 0.3 is 7.62 Å². The number of unbranched alkanes of at least 4 members (excludes halogenated alkanes) is 1. The van der Waals surface area contributed by atoms with E-state index < -0.39 is 0 Å². The lowest BCUT2D eigenvalue weighted by molar-refractivity contribution is 0.364. The molecule has 1 N–H and O–H groups in total. The number of hydrogen-bond acceptors (Lipinski definition) is 5. The van der Waals surface area contributed by atoms with Gasteiger partial charge in [0.2, 0.25) is 0 Å². The number of halogens is 2. The lowest BCUT2D eigenvalue weighted by Gasteiger charge is -2.14. The summed E-state index contributed by atoms with van der Waals surface area (Å²) in [7, 11) is 4.42. The molecule has 0 aliphatic carbocycles. The summed E-state index contributed by atoms with van der Waals surface area (Å²) >= 11 is 9.89. The average Bonchev–Trinajstić information content (AvgIpc) is 3.03. The molecule has 9 heteroatoms. The van der Waals surface area contributed by atoms with Gasteiger partial charge in [0, 0.05) is 30.3 Å². The molecule has 1 aromatic carbocycles. The van der Waals surface area contributed by atoms with Gasteiger partial charge < -0.3 is 14.8 Å². The molecule has 0 aliphatic heterocycles. The fourth-order valence-electron chi connectivity index (χ4n) is 2.88. The molecular weight excluding hydrogens is 428 g/mol. The Morgan fingerprint density at radius 1 is 1.33 bits per heavy atom. The van der Waals surface area contributed by atoms with Gasteiger partial charge in [-0.05, 0) is 48.4 Å². The van der Waals surface area contributed by atoms with Crippen molar-refractivity contribution in [3.05, 3.63) is 46.0 Å². The lowest BCUT2D eigenvalue weighted by Crippen LogP contribution is -2.25. The van der Waals surface area contributed by atoms with Crippen LogP contribution in [0, 0.1) is 0 Å². The molecule has 3 aromatic rings. The van der Waals surface area contributed by atoms with Crippen molar-refractivity contribution in [3.63, 3.8) is 0 Å². The third-order valence-corrected chi connectivity index (χ3v) is 5.09. The van der Waals surface area contributed by atoms with Crippen LogP contribution in [0.1, 0.15) is 12.8 Å². The Kier molecular flexibility index (Phi) is 7.12. The van der Waals surface area contributed by atoms with Crippen molar-refractivity contribution in [2.75, 3.05) is 32.6 Å². The number of nitrogens with one attached hydrogen (secondary N) is 1. The van der Waals surface area contributed by atoms with Crippen molar-refractivity contribution in [1.82, 2.24) is 19.4 Å². The highest BCUT2D eigenvalue weighted by Gasteiger charge is 2.13. The van der Waals surface area contributed by atoms with Crippen molar-refractivity contribution in [3.8, 4) is 11.3 Å². The maximum atomic E-state index is 6.37. The Morgan fingerprint density at radius 2 is 2.15 bits per heavy atom. The number of aromatic nitrogens is 3. The Labute approximate surface area is 173 Å². The first-order valence-corrected chi connectivity index (χ1v) is 9.98. The van der Waals surface area contributed by atoms with E-state index in [9.17, 15) is 0 Å². The van der Waals surface area contributed by atoms with E-state index in [1.54, 1.807) is 13.3 Å². The predicted octanol–water partition coefficient (Wildman–Crippen LogP) is 3.85. The summed E-state index contributed by atoms with van der Waals surface area (Å²) in [5.74, 6) is 0.894. The number of nitrogens with zero attached hydrogens (tertiary/aromatic N) is 4. The lowest BCUT2D eigenvalue weighted by atomic mass is 10.1. The molecule has 0 aliphatic rings. The summed E-state index contributed by atoms with van der Waals surface area (Å²) in [5.41, 5.74) is 2.48. The molecule has 2 heterocycles. The fraction of sp³-hybridized carbons (Fsp3) is 0.333. The van der Waals surface area contributed by atoms with Crippen molar-refractivity contribution in [1.29, 1.82) is 0 Å². The van der Waals surface area contributed by atoms with E-state index in [0.29, 0.717) is 12.6 Å². The van der Waals surface area contributed by atoms with Gasteiger partial charge in [-0.3, -0.25) is 0 Å². The van der Waals surface area contributed by atoms with E-state index in [0.717, 1.165) is 53.1 Å². The molecule has 0 fully saturated rings. The highest BCUT2D eigenvalue weighted by atomic mass is 79.9. The van der Waals surface area contributed by atoms with Crippen molar-refractivity contribution < 1.29 is 4.65 Å². The van der Waals surface area contributed by atoms with Crippen LogP contribution in [-0.4, -0.2) is 54.3 Å². The molecule has 0 radical (unpaired) electrons. The van der Waals surface area contributed by atoms with Crippen LogP contribution in [0.15, 0.2) is 41.0 Å². The molecule has 3 rings (SSSR count). The van der Waals surface area contributed by atoms with Gasteiger partial charge in [0.25, 0.3) is 0 Å². The van der Waals surface area contributed by atoms with E-state index in [1.807, 2.05) is 34.8 Å². The summed E-state index contributed by atoms with van der Waals surface area (Å²) in [6.45, 7) is 1.85. The van der Waals surface area contributed by atoms with Gasteiger partial charge in [-0.25, -0.2) is 4.98 Å². The molecule has 0 saturated carbocycles. The molecule has 2 aromatic heterocycles. The first-order chi connectivity index (χ1) is 13.1. The van der Waals surface area contributed by atoms with Crippen molar-refractivity contribution >= 4 is 46.6 Å². The van der Waals surface area contributed by atoms with Gasteiger partial charge in [0.15, 0.2) is 5.65 Å². The molecular formula is C18H22BBrClN5O. The van der Waals surface area contributed by atoms with Crippen LogP contribution in [0.3, 0.4) is 0 Å². The molecule has 0 saturated heterocycles. The number of benzene rings is 1. The highest BCUT2D eigenvalue weighted by molar-refractivity contribution is 9.10. The Morgan fingerprint density at radius 3 is 2.93 bits per heavy atom. The standard InChI is InChI=1S/C18H22BBrClN5O/c1-25(19-27-2)10-6-5-9-22-17-11-16(13-7-3-4-8-15(13)21)24-18-14(20)12-23-26(17)18/h3-4,7-8,11-12,19,22H,5-6,9-10H2,1-2H3. The third kappa shape index (κ3) is 5.01. The maximum Gasteiger partial charge on any atom is 0.363 e. The van der Waals surface area contributed by atoms with Gasteiger partial charge in [-0.2, -0.15) is 9.61 Å². The van der Waals surface area contributed by atoms with E-state index in [1.165, 1.54) is 0 Å². The minimum absolute atomic E-state index is 0.654. The highest BCUT2D eigenvalue weighted by Crippen LogP contribution is 2.30. The van der Waals surface area contributed by atoms with Gasteiger partial charge in [-0.1, -0.05) is 29.8 Å². The summed E-state index contributed by atoms with van der Waals surface area (Å²) in [6, 6.07) is 9.71. The second kappa shape index (κ2) is 9.55. The van der Waals surface area contributed by atoms with Gasteiger partial charge in [0.05, 0.1) is 16.4 Å². The molecule has 6 nitrogen and oxygen atoms in total. The topological polar surface area (TPSA) is 54.7 Å². The zero-order chi connectivity index (χ0) is 19.2. The maximum absolute atomic E-state index is 6.37. The zero-order valence-electron chi connectivity index (χ0n) is 15.5. The fourth-order valence-corrected chi connectivity index (χ4v) is 3.46. The van der Waals surface area contributed by atoms with E-state index >= 15 is 0 Å². The second-order valence-corrected chi connectivity index (χ2v) is 7.63. The number of rotatable bonds is 9. The minimum atomic E-state index is 0.654. The van der Waals surface area contributed by atoms with Crippen LogP contribution in [0.2, 0.25) is 5.02 Å². The van der Waals surface area contributed by atoms with Crippen molar-refractivity contribution in [2.45, 2.75) is 12.8 Å². The largest absolute Gasteiger partial charge is 0.427 e. The Balaban J connectivity index is 1.75. The molecule has 27 heavy (non-hydrogen) atoms. The van der Waals surface area contributed by atoms with Crippen LogP contribution in [0.4, 0.5) is 5.82 Å². The third-order valence-electron chi connectivity index (χ3n) is 4.20. The first kappa shape index (κ1) is 20.1. The summed E-state index contributed by atoms with van der Waals surface area (Å²) in [6.07, 6.45) is 3.88. The minimum Gasteiger partial charge on any atom is -0.427 e. The quantitative estimate of drug-likeness (QED) is 0.396. The first-order valence-electron chi connectivity index (χ1n) is 8.80. The smallest absolute Gasteiger partial charge is 0.363 e. The van der Waals surface area contributed by atoms with Crippen LogP contribution in [0.5, 0.6) is 0 Å². The number of fused-ring (bicyclic) bond motifs is 1. The summed E-state index contributed by atoms with van der Waals surface area (Å²) in [5, 5.41) is 8.57. The van der Waals surface area contributed by atoms with Crippen molar-refractivity contribution in [2.24, 2.45) is 0 Å². The molecule has 0 atom stereocenters. The van der Waals surface area contributed by atoms with E-state index in [4.69, 9.17) is 21.2 Å². The monoisotopic (exact) mass is 449 g/mol. The normalized spacial score (nSPS) is 11.3. The average molecular weight is 451 g/mol. The van der Waals surface area contributed by atoms with E-state index in [2.05, 4.69) is 38.2 Å². The Hall–Kier alpha value is -1.61. The summed E-state index contributed by atoms with van der Waals surface area (Å²) < 4.78 is 7.78. The van der Waals surface area contributed by atoms with Crippen LogP contribution in [0.25, 0.3) is 16.9 Å². The predicted molar refractivity (Wildman–Crippen MR) is 116 cm³/mol. The summed E-state index contributed by atoms with van der Waals surface area (Å²) in [4.78, 5) is 6.88. The number of hydrogen-bond donors (Lipinski definition) is 1. The van der Waals surface area contributed by atoms with Crippen LogP contribution in [-0.2, 0) is 4.65 Å². The molecule has 0 spiro atoms. The van der Waals surface area contributed by atoms with Gasteiger partial charge in [-0.15, -0.1) is 0 Å². The Bertz CT molecular complexity index is 907.